The van der Waals surface area contributed by atoms with E-state index in [1.807, 2.05) is 80.6 Å². The summed E-state index contributed by atoms with van der Waals surface area (Å²) in [6.45, 7) is 12.7. The number of hydrogen-bond donors (Lipinski definition) is 1. The third-order valence-corrected chi connectivity index (χ3v) is 9.94. The highest BCUT2D eigenvalue weighted by Gasteiger charge is 2.38. The minimum absolute atomic E-state index is 0.00677. The van der Waals surface area contributed by atoms with Crippen LogP contribution < -0.4 is 0 Å². The Kier molecular flexibility index (Phi) is 10.3. The van der Waals surface area contributed by atoms with Gasteiger partial charge in [-0.1, -0.05) is 72.8 Å². The molecular formula is C42H47N3O6. The second-order valence-corrected chi connectivity index (χ2v) is 14.7. The Balaban J connectivity index is 1.37. The Morgan fingerprint density at radius 1 is 0.941 bits per heavy atom. The second kappa shape index (κ2) is 14.7. The number of carboxylic acid groups (broad SMARTS) is 1. The summed E-state index contributed by atoms with van der Waals surface area (Å²) in [6, 6.07) is 25.7. The summed E-state index contributed by atoms with van der Waals surface area (Å²) >= 11 is 0. The molecule has 0 spiro atoms. The van der Waals surface area contributed by atoms with Gasteiger partial charge >= 0.3 is 12.1 Å². The molecule has 1 aliphatic rings. The summed E-state index contributed by atoms with van der Waals surface area (Å²) in [7, 11) is 0. The number of nitrogens with zero attached hydrogens (tertiary/aromatic N) is 3. The smallest absolute Gasteiger partial charge is 0.417 e. The molecule has 2 unspecified atom stereocenters. The first-order chi connectivity index (χ1) is 24.3. The third kappa shape index (κ3) is 7.54. The Morgan fingerprint density at radius 2 is 1.59 bits per heavy atom. The molecule has 2 atom stereocenters. The lowest BCUT2D eigenvalue weighted by Crippen LogP contribution is -2.44. The van der Waals surface area contributed by atoms with E-state index in [1.165, 1.54) is 4.90 Å². The molecule has 51 heavy (non-hydrogen) atoms. The predicted octanol–water partition coefficient (Wildman–Crippen LogP) is 8.52. The first-order valence-electron chi connectivity index (χ1n) is 17.7. The van der Waals surface area contributed by atoms with Gasteiger partial charge < -0.3 is 19.1 Å². The van der Waals surface area contributed by atoms with Crippen molar-refractivity contribution in [1.82, 2.24) is 14.5 Å². The van der Waals surface area contributed by atoms with E-state index in [0.29, 0.717) is 38.3 Å². The van der Waals surface area contributed by atoms with Crippen LogP contribution >= 0.6 is 0 Å². The van der Waals surface area contributed by atoms with Crippen LogP contribution in [0.4, 0.5) is 4.79 Å². The van der Waals surface area contributed by atoms with Crippen LogP contribution in [0.1, 0.15) is 85.9 Å². The van der Waals surface area contributed by atoms with Gasteiger partial charge in [0.2, 0.25) is 5.91 Å². The van der Waals surface area contributed by atoms with Gasteiger partial charge in [0.25, 0.3) is 0 Å². The van der Waals surface area contributed by atoms with Gasteiger partial charge in [-0.3, -0.25) is 9.59 Å². The molecule has 6 rings (SSSR count). The van der Waals surface area contributed by atoms with Gasteiger partial charge in [0, 0.05) is 36.2 Å². The number of aliphatic carboxylic acids is 1. The number of fused-ring (bicyclic) bond motifs is 3. The molecule has 2 aromatic heterocycles. The van der Waals surface area contributed by atoms with Crippen LogP contribution in [0.25, 0.3) is 21.9 Å². The summed E-state index contributed by atoms with van der Waals surface area (Å²) in [6.07, 6.45) is 0.759. The molecule has 266 valence electrons. The van der Waals surface area contributed by atoms with E-state index in [9.17, 15) is 19.5 Å². The Labute approximate surface area is 299 Å². The van der Waals surface area contributed by atoms with E-state index in [0.717, 1.165) is 49.8 Å². The van der Waals surface area contributed by atoms with Gasteiger partial charge in [-0.15, -0.1) is 0 Å². The predicted molar refractivity (Wildman–Crippen MR) is 198 cm³/mol. The van der Waals surface area contributed by atoms with Crippen molar-refractivity contribution >= 4 is 39.9 Å². The molecule has 9 heteroatoms. The first-order valence-corrected chi connectivity index (χ1v) is 17.7. The molecule has 0 bridgehead atoms. The van der Waals surface area contributed by atoms with Crippen molar-refractivity contribution in [3.8, 4) is 0 Å². The van der Waals surface area contributed by atoms with Gasteiger partial charge in [0.05, 0.1) is 23.9 Å². The lowest BCUT2D eigenvalue weighted by Gasteiger charge is -2.34. The van der Waals surface area contributed by atoms with Gasteiger partial charge in [0.1, 0.15) is 11.2 Å². The van der Waals surface area contributed by atoms with Gasteiger partial charge in [0.15, 0.2) is 0 Å². The molecule has 2 amide bonds. The normalized spacial score (nSPS) is 15.1. The minimum Gasteiger partial charge on any atom is -0.481 e. The Morgan fingerprint density at radius 3 is 2.24 bits per heavy atom. The average molecular weight is 690 g/mol. The number of ether oxygens (including phenoxy) is 2. The largest absolute Gasteiger partial charge is 0.481 e. The lowest BCUT2D eigenvalue weighted by molar-refractivity contribution is -0.138. The SMILES string of the molecule is Cc1nc2c(c(C)c1C(C)C(=O)O)c1ccccc1n2Cc1ccc(C(C(=O)N(Cc2ccccc2)C(=O)OC(C)(C)C)C2CCOCC2)cc1. The molecular weight excluding hydrogens is 642 g/mol. The summed E-state index contributed by atoms with van der Waals surface area (Å²) in [5.74, 6) is -2.40. The zero-order valence-corrected chi connectivity index (χ0v) is 30.3. The zero-order valence-electron chi connectivity index (χ0n) is 30.3. The van der Waals surface area contributed by atoms with Crippen molar-refractivity contribution in [2.45, 2.75) is 84.9 Å². The van der Waals surface area contributed by atoms with Crippen molar-refractivity contribution in [2.24, 2.45) is 5.92 Å². The molecule has 1 N–H and O–H groups in total. The van der Waals surface area contributed by atoms with Gasteiger partial charge in [-0.2, -0.15) is 0 Å². The number of pyridine rings is 1. The molecule has 1 saturated heterocycles. The van der Waals surface area contributed by atoms with Crippen LogP contribution in [-0.4, -0.2) is 56.3 Å². The maximum atomic E-state index is 14.6. The number of aryl methyl sites for hydroxylation is 2. The summed E-state index contributed by atoms with van der Waals surface area (Å²) in [5.41, 5.74) is 6.14. The highest BCUT2D eigenvalue weighted by Crippen LogP contribution is 2.38. The van der Waals surface area contributed by atoms with Gasteiger partial charge in [-0.05, 0) is 94.2 Å². The quantitative estimate of drug-likeness (QED) is 0.165. The number of hydrogen-bond acceptors (Lipinski definition) is 6. The molecule has 1 aliphatic heterocycles. The van der Waals surface area contributed by atoms with Crippen molar-refractivity contribution in [3.63, 3.8) is 0 Å². The number of amides is 2. The van der Waals surface area contributed by atoms with E-state index < -0.39 is 29.5 Å². The third-order valence-electron chi connectivity index (χ3n) is 9.94. The fourth-order valence-electron chi connectivity index (χ4n) is 7.48. The van der Waals surface area contributed by atoms with Crippen molar-refractivity contribution in [1.29, 1.82) is 0 Å². The fraction of sp³-hybridized carbons (Fsp3) is 0.381. The summed E-state index contributed by atoms with van der Waals surface area (Å²) < 4.78 is 13.6. The second-order valence-electron chi connectivity index (χ2n) is 14.7. The first kappa shape index (κ1) is 35.8. The molecule has 0 radical (unpaired) electrons. The summed E-state index contributed by atoms with van der Waals surface area (Å²) in [5, 5.41) is 11.8. The number of aromatic nitrogens is 2. The highest BCUT2D eigenvalue weighted by molar-refractivity contribution is 6.09. The van der Waals surface area contributed by atoms with Crippen LogP contribution in [0.5, 0.6) is 0 Å². The van der Waals surface area contributed by atoms with E-state index in [2.05, 4.69) is 16.7 Å². The van der Waals surface area contributed by atoms with E-state index in [-0.39, 0.29) is 18.4 Å². The number of carboxylic acids is 1. The van der Waals surface area contributed by atoms with Crippen molar-refractivity contribution in [2.75, 3.05) is 13.2 Å². The van der Waals surface area contributed by atoms with E-state index >= 15 is 0 Å². The average Bonchev–Trinajstić information content (AvgIpc) is 3.40. The van der Waals surface area contributed by atoms with Crippen molar-refractivity contribution in [3.05, 3.63) is 112 Å². The number of rotatable bonds is 9. The fourth-order valence-corrected chi connectivity index (χ4v) is 7.48. The molecule has 3 aromatic carbocycles. The van der Waals surface area contributed by atoms with E-state index in [4.69, 9.17) is 14.5 Å². The molecule has 5 aromatic rings. The number of benzene rings is 3. The van der Waals surface area contributed by atoms with Crippen LogP contribution in [-0.2, 0) is 32.2 Å². The maximum absolute atomic E-state index is 14.6. The standard InChI is InChI=1S/C42H47N3O6/c1-26-35(27(2)40(47)48)28(3)43-38-36(26)33-14-10-11-15-34(33)44(38)24-30-16-18-31(19-17-30)37(32-20-22-50-23-21-32)39(46)45(41(49)51-42(4,5)6)25-29-12-8-7-9-13-29/h7-19,27,32,37H,20-25H2,1-6H3,(H,47,48). The monoisotopic (exact) mass is 689 g/mol. The summed E-state index contributed by atoms with van der Waals surface area (Å²) in [4.78, 5) is 46.5. The number of imide groups is 1. The van der Waals surface area contributed by atoms with Crippen LogP contribution in [0.15, 0.2) is 78.9 Å². The number of carbonyl (C=O) groups excluding carboxylic acids is 2. The Hall–Kier alpha value is -5.02. The Bertz CT molecular complexity index is 2060. The molecule has 0 aliphatic carbocycles. The molecule has 3 heterocycles. The van der Waals surface area contributed by atoms with Crippen molar-refractivity contribution < 1.29 is 29.0 Å². The topological polar surface area (TPSA) is 111 Å². The van der Waals surface area contributed by atoms with Crippen LogP contribution in [0.2, 0.25) is 0 Å². The maximum Gasteiger partial charge on any atom is 0.417 e. The lowest BCUT2D eigenvalue weighted by atomic mass is 9.80. The van der Waals surface area contributed by atoms with Crippen LogP contribution in [0, 0.1) is 19.8 Å². The molecule has 9 nitrogen and oxygen atoms in total. The highest BCUT2D eigenvalue weighted by atomic mass is 16.6. The van der Waals surface area contributed by atoms with Gasteiger partial charge in [-0.25, -0.2) is 14.7 Å². The van der Waals surface area contributed by atoms with E-state index in [1.54, 1.807) is 27.7 Å². The molecule has 1 fully saturated rings. The number of carbonyl (C=O) groups is 3. The molecule has 0 saturated carbocycles. The minimum atomic E-state index is -0.877. The number of para-hydroxylation sites is 1. The van der Waals surface area contributed by atoms with Crippen LogP contribution in [0.3, 0.4) is 0 Å². The zero-order chi connectivity index (χ0) is 36.4.